The number of esters is 1. The zero-order valence-corrected chi connectivity index (χ0v) is 11.3. The van der Waals surface area contributed by atoms with Gasteiger partial charge in [0.25, 0.3) is 0 Å². The molecule has 1 saturated carbocycles. The molecule has 0 aromatic rings. The highest BCUT2D eigenvalue weighted by atomic mass is 17.2. The van der Waals surface area contributed by atoms with Crippen molar-refractivity contribution < 1.29 is 24.0 Å². The van der Waals surface area contributed by atoms with Gasteiger partial charge < -0.3 is 9.47 Å². The maximum atomic E-state index is 12.0. The van der Waals surface area contributed by atoms with Crippen LogP contribution >= 0.6 is 0 Å². The van der Waals surface area contributed by atoms with Gasteiger partial charge in [-0.1, -0.05) is 13.8 Å². The van der Waals surface area contributed by atoms with Crippen molar-refractivity contribution in [1.82, 2.24) is 0 Å². The number of carbonyl (C=O) groups is 1. The first kappa shape index (κ1) is 12.1. The summed E-state index contributed by atoms with van der Waals surface area (Å²) in [6.07, 6.45) is 2.96. The number of carbonyl (C=O) groups excluding carboxylic acids is 1. The number of ether oxygens (including phenoxy) is 2. The van der Waals surface area contributed by atoms with E-state index in [1.165, 1.54) is 0 Å². The van der Waals surface area contributed by atoms with Gasteiger partial charge in [0, 0.05) is 18.3 Å². The molecule has 0 aromatic carbocycles. The number of fused-ring (bicyclic) bond motifs is 2. The monoisotopic (exact) mass is 268 g/mol. The largest absolute Gasteiger partial charge is 0.432 e. The van der Waals surface area contributed by atoms with E-state index >= 15 is 0 Å². The molecule has 5 fully saturated rings. The smallest absolute Gasteiger partial charge is 0.311 e. The van der Waals surface area contributed by atoms with Gasteiger partial charge >= 0.3 is 5.97 Å². The lowest BCUT2D eigenvalue weighted by Gasteiger charge is -2.56. The molecule has 0 amide bonds. The molecule has 5 heteroatoms. The van der Waals surface area contributed by atoms with Crippen LogP contribution in [0.2, 0.25) is 0 Å². The number of hydrogen-bond donors (Lipinski definition) is 0. The Hall–Kier alpha value is -0.650. The Bertz CT molecular complexity index is 411. The van der Waals surface area contributed by atoms with Crippen LogP contribution in [-0.2, 0) is 24.0 Å². The third kappa shape index (κ3) is 1.44. The van der Waals surface area contributed by atoms with Gasteiger partial charge in [-0.3, -0.25) is 4.79 Å². The maximum Gasteiger partial charge on any atom is 0.311 e. The molecule has 5 rings (SSSR count). The van der Waals surface area contributed by atoms with Crippen LogP contribution in [0.1, 0.15) is 39.5 Å². The van der Waals surface area contributed by atoms with E-state index in [0.717, 1.165) is 25.7 Å². The van der Waals surface area contributed by atoms with E-state index < -0.39 is 18.2 Å². The summed E-state index contributed by atoms with van der Waals surface area (Å²) in [5, 5.41) is 0. The Morgan fingerprint density at radius 3 is 2.74 bits per heavy atom. The van der Waals surface area contributed by atoms with Crippen molar-refractivity contribution >= 4 is 5.97 Å². The lowest BCUT2D eigenvalue weighted by atomic mass is 9.58. The van der Waals surface area contributed by atoms with Crippen LogP contribution in [0.4, 0.5) is 0 Å². The molecule has 0 aromatic heterocycles. The molecule has 0 N–H and O–H groups in total. The molecule has 7 atom stereocenters. The van der Waals surface area contributed by atoms with Crippen molar-refractivity contribution in [2.24, 2.45) is 23.7 Å². The number of rotatable bonds is 0. The predicted octanol–water partition coefficient (Wildman–Crippen LogP) is 2.00. The Balaban J connectivity index is 1.82. The normalized spacial score (nSPS) is 56.2. The van der Waals surface area contributed by atoms with Crippen LogP contribution in [0.25, 0.3) is 0 Å². The minimum atomic E-state index is -0.588. The summed E-state index contributed by atoms with van der Waals surface area (Å²) in [6.45, 7) is 4.20. The molecule has 4 saturated heterocycles. The minimum absolute atomic E-state index is 0.138. The second-order valence-corrected chi connectivity index (χ2v) is 6.50. The van der Waals surface area contributed by atoms with Crippen LogP contribution in [-0.4, -0.2) is 24.2 Å². The van der Waals surface area contributed by atoms with E-state index in [2.05, 4.69) is 6.92 Å². The highest BCUT2D eigenvalue weighted by molar-refractivity contribution is 5.74. The van der Waals surface area contributed by atoms with Gasteiger partial charge in [0.2, 0.25) is 6.29 Å². The maximum absolute atomic E-state index is 12.0. The molecule has 3 unspecified atom stereocenters. The lowest BCUT2D eigenvalue weighted by Crippen LogP contribution is -2.68. The fourth-order valence-corrected chi connectivity index (χ4v) is 4.58. The van der Waals surface area contributed by atoms with Gasteiger partial charge in [0.15, 0.2) is 11.9 Å². The Labute approximate surface area is 112 Å². The van der Waals surface area contributed by atoms with Gasteiger partial charge in [0.1, 0.15) is 0 Å². The molecule has 4 aliphatic heterocycles. The van der Waals surface area contributed by atoms with Gasteiger partial charge in [-0.2, -0.15) is 0 Å². The molecular weight excluding hydrogens is 248 g/mol. The molecule has 1 spiro atoms. The Morgan fingerprint density at radius 2 is 1.89 bits per heavy atom. The van der Waals surface area contributed by atoms with Crippen LogP contribution in [0.5, 0.6) is 0 Å². The quantitative estimate of drug-likeness (QED) is 0.497. The van der Waals surface area contributed by atoms with Crippen molar-refractivity contribution in [1.29, 1.82) is 0 Å². The second kappa shape index (κ2) is 3.93. The van der Waals surface area contributed by atoms with Crippen LogP contribution in [0.15, 0.2) is 0 Å². The van der Waals surface area contributed by atoms with Crippen molar-refractivity contribution in [3.8, 4) is 0 Å². The molecule has 4 heterocycles. The van der Waals surface area contributed by atoms with Gasteiger partial charge in [0.05, 0.1) is 5.92 Å². The minimum Gasteiger partial charge on any atom is -0.432 e. The average molecular weight is 268 g/mol. The van der Waals surface area contributed by atoms with E-state index in [1.807, 2.05) is 6.92 Å². The standard InChI is InChI=1S/C14H20O5/c1-7-3-4-10-8(2)12(15)17-13-14(10)9(7)5-6-11(16-13)18-19-14/h7-11,13H,3-6H2,1-2H3/t7-,8?,9?,10?,11-,13+,14-/m1/s1. The molecular formula is C14H20O5. The fraction of sp³-hybridized carbons (Fsp3) is 0.929. The molecule has 0 radical (unpaired) electrons. The summed E-state index contributed by atoms with van der Waals surface area (Å²) in [4.78, 5) is 23.3. The molecule has 1 aliphatic carbocycles. The van der Waals surface area contributed by atoms with Gasteiger partial charge in [-0.15, -0.1) is 0 Å². The summed E-state index contributed by atoms with van der Waals surface area (Å²) >= 11 is 0. The van der Waals surface area contributed by atoms with Crippen LogP contribution in [0.3, 0.4) is 0 Å². The first-order valence-electron chi connectivity index (χ1n) is 7.33. The zero-order valence-electron chi connectivity index (χ0n) is 11.3. The fourth-order valence-electron chi connectivity index (χ4n) is 4.58. The van der Waals surface area contributed by atoms with Crippen molar-refractivity contribution in [2.75, 3.05) is 0 Å². The summed E-state index contributed by atoms with van der Waals surface area (Å²) in [5.74, 6) is 0.725. The Kier molecular flexibility index (Phi) is 2.51. The SMILES string of the molecule is CC1C(=O)O[C@@H]2O[C@H]3CCC4[C@H](C)CCC1[C@]42OO3. The highest BCUT2D eigenvalue weighted by Crippen LogP contribution is 2.57. The summed E-state index contributed by atoms with van der Waals surface area (Å²) < 4.78 is 11.3. The van der Waals surface area contributed by atoms with Crippen molar-refractivity contribution in [3.63, 3.8) is 0 Å². The summed E-state index contributed by atoms with van der Waals surface area (Å²) in [7, 11) is 0. The molecule has 2 bridgehead atoms. The second-order valence-electron chi connectivity index (χ2n) is 6.50. The highest BCUT2D eigenvalue weighted by Gasteiger charge is 2.68. The predicted molar refractivity (Wildman–Crippen MR) is 63.4 cm³/mol. The molecule has 5 aliphatic rings. The van der Waals surface area contributed by atoms with Crippen molar-refractivity contribution in [3.05, 3.63) is 0 Å². The molecule has 106 valence electrons. The average Bonchev–Trinajstić information content (AvgIpc) is 2.67. The van der Waals surface area contributed by atoms with Gasteiger partial charge in [-0.25, -0.2) is 9.78 Å². The van der Waals surface area contributed by atoms with E-state index in [1.54, 1.807) is 0 Å². The topological polar surface area (TPSA) is 54.0 Å². The van der Waals surface area contributed by atoms with Crippen LogP contribution in [0, 0.1) is 23.7 Å². The van der Waals surface area contributed by atoms with E-state index in [9.17, 15) is 4.79 Å². The van der Waals surface area contributed by atoms with Gasteiger partial charge in [-0.05, 0) is 25.2 Å². The first-order valence-corrected chi connectivity index (χ1v) is 7.33. The van der Waals surface area contributed by atoms with E-state index in [4.69, 9.17) is 19.2 Å². The first-order chi connectivity index (χ1) is 9.13. The third-order valence-corrected chi connectivity index (χ3v) is 5.63. The third-order valence-electron chi connectivity index (χ3n) is 5.63. The molecule has 19 heavy (non-hydrogen) atoms. The van der Waals surface area contributed by atoms with Crippen molar-refractivity contribution in [2.45, 2.75) is 57.7 Å². The zero-order chi connectivity index (χ0) is 13.2. The van der Waals surface area contributed by atoms with E-state index in [-0.39, 0.29) is 17.8 Å². The summed E-state index contributed by atoms with van der Waals surface area (Å²) in [5.41, 5.74) is -0.585. The van der Waals surface area contributed by atoms with E-state index in [0.29, 0.717) is 11.8 Å². The number of hydrogen-bond acceptors (Lipinski definition) is 5. The van der Waals surface area contributed by atoms with Crippen LogP contribution < -0.4 is 0 Å². The Morgan fingerprint density at radius 1 is 1.11 bits per heavy atom. The summed E-state index contributed by atoms with van der Waals surface area (Å²) in [6, 6.07) is 0. The lowest BCUT2D eigenvalue weighted by molar-refractivity contribution is -0.530. The molecule has 5 nitrogen and oxygen atoms in total.